The van der Waals surface area contributed by atoms with Crippen molar-refractivity contribution in [1.82, 2.24) is 9.97 Å². The molecule has 0 radical (unpaired) electrons. The number of hydrogen-bond acceptors (Lipinski definition) is 5. The van der Waals surface area contributed by atoms with Crippen molar-refractivity contribution in [3.8, 4) is 0 Å². The SMILES string of the molecule is CC(O)CNc1cc(Nc2ccccc2)ncn1. The largest absolute Gasteiger partial charge is 0.392 e. The molecule has 0 aliphatic rings. The van der Waals surface area contributed by atoms with Crippen molar-refractivity contribution in [2.24, 2.45) is 0 Å². The molecule has 0 aliphatic heterocycles. The Labute approximate surface area is 106 Å². The minimum Gasteiger partial charge on any atom is -0.392 e. The third-order valence-corrected chi connectivity index (χ3v) is 2.29. The number of aliphatic hydroxyl groups is 1. The summed E-state index contributed by atoms with van der Waals surface area (Å²) in [6.45, 7) is 2.18. The van der Waals surface area contributed by atoms with Crippen molar-refractivity contribution in [1.29, 1.82) is 0 Å². The second-order valence-corrected chi connectivity index (χ2v) is 4.01. The van der Waals surface area contributed by atoms with Crippen molar-refractivity contribution in [2.75, 3.05) is 17.2 Å². The van der Waals surface area contributed by atoms with Crippen molar-refractivity contribution >= 4 is 17.3 Å². The van der Waals surface area contributed by atoms with Crippen LogP contribution in [0.2, 0.25) is 0 Å². The molecule has 94 valence electrons. The number of nitrogens with zero attached hydrogens (tertiary/aromatic N) is 2. The van der Waals surface area contributed by atoms with Crippen LogP contribution in [0.25, 0.3) is 0 Å². The molecule has 0 spiro atoms. The monoisotopic (exact) mass is 244 g/mol. The molecular formula is C13H16N4O. The van der Waals surface area contributed by atoms with Gasteiger partial charge in [0.05, 0.1) is 6.10 Å². The summed E-state index contributed by atoms with van der Waals surface area (Å²) in [5.74, 6) is 1.40. The Kier molecular flexibility index (Phi) is 4.09. The van der Waals surface area contributed by atoms with Gasteiger partial charge in [-0.25, -0.2) is 9.97 Å². The zero-order valence-electron chi connectivity index (χ0n) is 10.2. The van der Waals surface area contributed by atoms with Crippen LogP contribution in [0.15, 0.2) is 42.7 Å². The molecule has 18 heavy (non-hydrogen) atoms. The van der Waals surface area contributed by atoms with Crippen molar-refractivity contribution < 1.29 is 5.11 Å². The molecule has 0 fully saturated rings. The van der Waals surface area contributed by atoms with Gasteiger partial charge in [0.25, 0.3) is 0 Å². The molecule has 5 nitrogen and oxygen atoms in total. The Bertz CT molecular complexity index is 487. The number of para-hydroxylation sites is 1. The lowest BCUT2D eigenvalue weighted by molar-refractivity contribution is 0.208. The van der Waals surface area contributed by atoms with E-state index in [0.29, 0.717) is 18.2 Å². The number of hydrogen-bond donors (Lipinski definition) is 3. The maximum Gasteiger partial charge on any atom is 0.135 e. The number of aromatic nitrogens is 2. The van der Waals surface area contributed by atoms with E-state index in [0.717, 1.165) is 5.69 Å². The highest BCUT2D eigenvalue weighted by Crippen LogP contribution is 2.15. The predicted octanol–water partition coefficient (Wildman–Crippen LogP) is 2.01. The Morgan fingerprint density at radius 2 is 1.89 bits per heavy atom. The molecule has 0 saturated carbocycles. The van der Waals surface area contributed by atoms with E-state index in [-0.39, 0.29) is 0 Å². The molecule has 1 atom stereocenters. The fourth-order valence-corrected chi connectivity index (χ4v) is 1.44. The summed E-state index contributed by atoms with van der Waals surface area (Å²) in [6.07, 6.45) is 1.07. The van der Waals surface area contributed by atoms with Gasteiger partial charge in [-0.2, -0.15) is 0 Å². The number of anilines is 3. The van der Waals surface area contributed by atoms with Gasteiger partial charge in [0.1, 0.15) is 18.0 Å². The van der Waals surface area contributed by atoms with Crippen LogP contribution in [0.1, 0.15) is 6.92 Å². The lowest BCUT2D eigenvalue weighted by Gasteiger charge is -2.09. The van der Waals surface area contributed by atoms with Crippen LogP contribution in [-0.2, 0) is 0 Å². The molecule has 3 N–H and O–H groups in total. The summed E-state index contributed by atoms with van der Waals surface area (Å²) in [5, 5.41) is 15.4. The Hall–Kier alpha value is -2.14. The van der Waals surface area contributed by atoms with Gasteiger partial charge < -0.3 is 15.7 Å². The van der Waals surface area contributed by atoms with Crippen molar-refractivity contribution in [3.05, 3.63) is 42.7 Å². The standard InChI is InChI=1S/C13H16N4O/c1-10(18)8-14-12-7-13(16-9-15-12)17-11-5-3-2-4-6-11/h2-7,9-10,18H,8H2,1H3,(H2,14,15,16,17). The Balaban J connectivity index is 2.03. The first-order valence-electron chi connectivity index (χ1n) is 5.80. The van der Waals surface area contributed by atoms with Crippen molar-refractivity contribution in [3.63, 3.8) is 0 Å². The topological polar surface area (TPSA) is 70.1 Å². The molecule has 1 unspecified atom stereocenters. The summed E-state index contributed by atoms with van der Waals surface area (Å²) in [7, 11) is 0. The molecule has 2 rings (SSSR count). The smallest absolute Gasteiger partial charge is 0.135 e. The third-order valence-electron chi connectivity index (χ3n) is 2.29. The first-order chi connectivity index (χ1) is 8.74. The lowest BCUT2D eigenvalue weighted by atomic mass is 10.3. The van der Waals surface area contributed by atoms with E-state index in [1.807, 2.05) is 30.3 Å². The molecule has 5 heteroatoms. The van der Waals surface area contributed by atoms with Gasteiger partial charge in [-0.3, -0.25) is 0 Å². The third kappa shape index (κ3) is 3.71. The van der Waals surface area contributed by atoms with Crippen LogP contribution in [0.4, 0.5) is 17.3 Å². The molecule has 1 heterocycles. The first kappa shape index (κ1) is 12.3. The number of benzene rings is 1. The van der Waals surface area contributed by atoms with Gasteiger partial charge in [0, 0.05) is 18.3 Å². The minimum absolute atomic E-state index is 0.412. The van der Waals surface area contributed by atoms with Crippen LogP contribution >= 0.6 is 0 Å². The van der Waals surface area contributed by atoms with Gasteiger partial charge in [-0.15, -0.1) is 0 Å². The van der Waals surface area contributed by atoms with Gasteiger partial charge in [-0.1, -0.05) is 18.2 Å². The quantitative estimate of drug-likeness (QED) is 0.750. The van der Waals surface area contributed by atoms with E-state index in [9.17, 15) is 5.11 Å². The highest BCUT2D eigenvalue weighted by molar-refractivity contribution is 5.58. The number of aliphatic hydroxyl groups excluding tert-OH is 1. The van der Waals surface area contributed by atoms with E-state index in [4.69, 9.17) is 0 Å². The molecular weight excluding hydrogens is 228 g/mol. The lowest BCUT2D eigenvalue weighted by Crippen LogP contribution is -2.16. The maximum atomic E-state index is 9.20. The van der Waals surface area contributed by atoms with E-state index in [1.54, 1.807) is 13.0 Å². The molecule has 2 aromatic rings. The van der Waals surface area contributed by atoms with Gasteiger partial charge >= 0.3 is 0 Å². The Morgan fingerprint density at radius 1 is 1.17 bits per heavy atom. The highest BCUT2D eigenvalue weighted by Gasteiger charge is 2.00. The molecule has 0 amide bonds. The summed E-state index contributed by atoms with van der Waals surface area (Å²) in [6, 6.07) is 11.6. The second kappa shape index (κ2) is 5.97. The van der Waals surface area contributed by atoms with Crippen molar-refractivity contribution in [2.45, 2.75) is 13.0 Å². The zero-order chi connectivity index (χ0) is 12.8. The number of rotatable bonds is 5. The highest BCUT2D eigenvalue weighted by atomic mass is 16.3. The van der Waals surface area contributed by atoms with Crippen LogP contribution in [-0.4, -0.2) is 27.7 Å². The van der Waals surface area contributed by atoms with E-state index in [2.05, 4.69) is 20.6 Å². The summed E-state index contributed by atoms with van der Waals surface area (Å²) in [5.41, 5.74) is 0.970. The minimum atomic E-state index is -0.412. The van der Waals surface area contributed by atoms with Gasteiger partial charge in [0.2, 0.25) is 0 Å². The summed E-state index contributed by atoms with van der Waals surface area (Å²) in [4.78, 5) is 8.22. The van der Waals surface area contributed by atoms with E-state index >= 15 is 0 Å². The fourth-order valence-electron chi connectivity index (χ4n) is 1.44. The molecule has 1 aromatic heterocycles. The predicted molar refractivity (Wildman–Crippen MR) is 71.9 cm³/mol. The fraction of sp³-hybridized carbons (Fsp3) is 0.231. The molecule has 1 aromatic carbocycles. The zero-order valence-corrected chi connectivity index (χ0v) is 10.2. The van der Waals surface area contributed by atoms with Crippen LogP contribution < -0.4 is 10.6 Å². The second-order valence-electron chi connectivity index (χ2n) is 4.01. The van der Waals surface area contributed by atoms with E-state index in [1.165, 1.54) is 6.33 Å². The van der Waals surface area contributed by atoms with E-state index < -0.39 is 6.10 Å². The molecule has 0 aliphatic carbocycles. The summed E-state index contributed by atoms with van der Waals surface area (Å²) < 4.78 is 0. The first-order valence-corrected chi connectivity index (χ1v) is 5.80. The normalized spacial score (nSPS) is 11.9. The number of nitrogens with one attached hydrogen (secondary N) is 2. The Morgan fingerprint density at radius 3 is 2.61 bits per heavy atom. The average molecular weight is 244 g/mol. The van der Waals surface area contributed by atoms with Crippen LogP contribution in [0, 0.1) is 0 Å². The average Bonchev–Trinajstić information content (AvgIpc) is 2.38. The van der Waals surface area contributed by atoms with Crippen LogP contribution in [0.3, 0.4) is 0 Å². The maximum absolute atomic E-state index is 9.20. The summed E-state index contributed by atoms with van der Waals surface area (Å²) >= 11 is 0. The molecule has 0 bridgehead atoms. The van der Waals surface area contributed by atoms with Crippen LogP contribution in [0.5, 0.6) is 0 Å². The van der Waals surface area contributed by atoms with Gasteiger partial charge in [-0.05, 0) is 19.1 Å². The van der Waals surface area contributed by atoms with Gasteiger partial charge in [0.15, 0.2) is 0 Å². The molecule has 0 saturated heterocycles.